The van der Waals surface area contributed by atoms with E-state index in [1.54, 1.807) is 14.1 Å². The maximum Gasteiger partial charge on any atom is 0.250 e. The molecule has 0 fully saturated rings. The van der Waals surface area contributed by atoms with Crippen LogP contribution in [-0.2, 0) is 14.1 Å². The van der Waals surface area contributed by atoms with E-state index in [2.05, 4.69) is 0 Å². The van der Waals surface area contributed by atoms with Gasteiger partial charge < -0.3 is 9.13 Å². The molecule has 0 aromatic carbocycles. The van der Waals surface area contributed by atoms with E-state index in [1.807, 2.05) is 0 Å². The van der Waals surface area contributed by atoms with E-state index >= 15 is 0 Å². The van der Waals surface area contributed by atoms with Crippen molar-refractivity contribution >= 4 is 5.78 Å². The largest absolute Gasteiger partial charge is 0.318 e. The van der Waals surface area contributed by atoms with Crippen LogP contribution in [-0.4, -0.2) is 14.9 Å². The molecule has 0 amide bonds. The molecule has 0 saturated heterocycles. The molecule has 2 rings (SSSR count). The number of hydrogen-bond acceptors (Lipinski definition) is 3. The molecule has 0 N–H and O–H groups in total. The predicted molar refractivity (Wildman–Crippen MR) is 66.8 cm³/mol. The fourth-order valence-electron chi connectivity index (χ4n) is 1.62. The molecule has 0 bridgehead atoms. The maximum absolute atomic E-state index is 12.1. The summed E-state index contributed by atoms with van der Waals surface area (Å²) in [7, 11) is 3.17. The lowest BCUT2D eigenvalue weighted by atomic mass is 10.1. The molecule has 0 aliphatic heterocycles. The van der Waals surface area contributed by atoms with Gasteiger partial charge in [0.2, 0.25) is 11.1 Å². The lowest BCUT2D eigenvalue weighted by molar-refractivity contribution is 0.103. The normalized spacial score (nSPS) is 10.3. The summed E-state index contributed by atoms with van der Waals surface area (Å²) in [6, 6.07) is 5.65. The molecule has 18 heavy (non-hydrogen) atoms. The van der Waals surface area contributed by atoms with Crippen molar-refractivity contribution in [3.8, 4) is 0 Å². The third kappa shape index (κ3) is 2.15. The van der Waals surface area contributed by atoms with Crippen molar-refractivity contribution in [3.63, 3.8) is 0 Å². The van der Waals surface area contributed by atoms with Crippen LogP contribution in [0.25, 0.3) is 0 Å². The minimum absolute atomic E-state index is 0.174. The minimum atomic E-state index is -0.221. The Labute approximate surface area is 103 Å². The second kappa shape index (κ2) is 4.44. The zero-order valence-corrected chi connectivity index (χ0v) is 10.1. The summed E-state index contributed by atoms with van der Waals surface area (Å²) in [5, 5.41) is 0. The zero-order chi connectivity index (χ0) is 13.3. The Morgan fingerprint density at radius 2 is 1.22 bits per heavy atom. The summed E-state index contributed by atoms with van der Waals surface area (Å²) < 4.78 is 2.68. The van der Waals surface area contributed by atoms with E-state index in [0.29, 0.717) is 11.1 Å². The van der Waals surface area contributed by atoms with Crippen molar-refractivity contribution in [3.05, 3.63) is 68.5 Å². The lowest BCUT2D eigenvalue weighted by Gasteiger charge is -2.04. The molecule has 2 aromatic rings. The first-order valence-corrected chi connectivity index (χ1v) is 5.37. The van der Waals surface area contributed by atoms with Crippen LogP contribution in [0, 0.1) is 0 Å². The third-order valence-electron chi connectivity index (χ3n) is 2.70. The van der Waals surface area contributed by atoms with Gasteiger partial charge in [-0.15, -0.1) is 0 Å². The fourth-order valence-corrected chi connectivity index (χ4v) is 1.62. The van der Waals surface area contributed by atoms with Gasteiger partial charge in [0.1, 0.15) is 0 Å². The van der Waals surface area contributed by atoms with Crippen molar-refractivity contribution in [2.45, 2.75) is 0 Å². The number of ketones is 1. The molecule has 0 radical (unpaired) electrons. The van der Waals surface area contributed by atoms with E-state index in [4.69, 9.17) is 0 Å². The van der Waals surface area contributed by atoms with Gasteiger partial charge in [0.25, 0.3) is 0 Å². The molecular formula is C13H12N2O3. The third-order valence-corrected chi connectivity index (χ3v) is 2.70. The summed E-state index contributed by atoms with van der Waals surface area (Å²) in [6.07, 6.45) is 2.96. The highest BCUT2D eigenvalue weighted by atomic mass is 16.1. The summed E-state index contributed by atoms with van der Waals surface area (Å²) in [5.41, 5.74) is 0.477. The van der Waals surface area contributed by atoms with E-state index < -0.39 is 0 Å². The molecule has 2 aromatic heterocycles. The Morgan fingerprint density at radius 1 is 0.833 bits per heavy atom. The lowest BCUT2D eigenvalue weighted by Crippen LogP contribution is -2.19. The topological polar surface area (TPSA) is 61.1 Å². The van der Waals surface area contributed by atoms with Crippen LogP contribution in [0.1, 0.15) is 15.9 Å². The summed E-state index contributed by atoms with van der Waals surface area (Å²) in [4.78, 5) is 34.6. The van der Waals surface area contributed by atoms with E-state index in [1.165, 1.54) is 45.8 Å². The first-order chi connectivity index (χ1) is 8.49. The van der Waals surface area contributed by atoms with Crippen molar-refractivity contribution < 1.29 is 4.79 Å². The van der Waals surface area contributed by atoms with Crippen LogP contribution >= 0.6 is 0 Å². The van der Waals surface area contributed by atoms with Gasteiger partial charge in [-0.05, 0) is 12.1 Å². The second-order valence-electron chi connectivity index (χ2n) is 4.06. The average Bonchev–Trinajstić information content (AvgIpc) is 2.35. The molecule has 0 saturated carbocycles. The van der Waals surface area contributed by atoms with E-state index in [0.717, 1.165) is 0 Å². The second-order valence-corrected chi connectivity index (χ2v) is 4.06. The summed E-state index contributed by atoms with van der Waals surface area (Å²) >= 11 is 0. The Kier molecular flexibility index (Phi) is 2.97. The fraction of sp³-hybridized carbons (Fsp3) is 0.154. The number of hydrogen-bond donors (Lipinski definition) is 0. The van der Waals surface area contributed by atoms with Crippen molar-refractivity contribution in [2.24, 2.45) is 14.1 Å². The van der Waals surface area contributed by atoms with Crippen LogP contribution < -0.4 is 11.1 Å². The highest BCUT2D eigenvalue weighted by molar-refractivity contribution is 6.08. The number of carbonyl (C=O) groups excluding carboxylic acids is 1. The molecule has 0 aliphatic rings. The molecule has 0 unspecified atom stereocenters. The van der Waals surface area contributed by atoms with Gasteiger partial charge in [-0.1, -0.05) is 0 Å². The molecule has 5 nitrogen and oxygen atoms in total. The van der Waals surface area contributed by atoms with Gasteiger partial charge >= 0.3 is 0 Å². The average molecular weight is 244 g/mol. The van der Waals surface area contributed by atoms with Gasteiger partial charge in [0.05, 0.1) is 0 Å². The molecular weight excluding hydrogens is 232 g/mol. The molecule has 0 atom stereocenters. The van der Waals surface area contributed by atoms with Crippen LogP contribution in [0.5, 0.6) is 0 Å². The number of nitrogens with zero attached hydrogens (tertiary/aromatic N) is 2. The Bertz CT molecular complexity index is 664. The molecule has 0 spiro atoms. The zero-order valence-electron chi connectivity index (χ0n) is 10.1. The minimum Gasteiger partial charge on any atom is -0.318 e. The quantitative estimate of drug-likeness (QED) is 0.714. The van der Waals surface area contributed by atoms with Crippen molar-refractivity contribution in [2.75, 3.05) is 0 Å². The Hall–Kier alpha value is -2.43. The summed E-state index contributed by atoms with van der Waals surface area (Å²) in [6.45, 7) is 0. The van der Waals surface area contributed by atoms with Gasteiger partial charge in [0.15, 0.2) is 5.78 Å². The molecule has 92 valence electrons. The molecule has 0 aliphatic carbocycles. The number of aryl methyl sites for hydroxylation is 2. The van der Waals surface area contributed by atoms with Crippen LogP contribution in [0.4, 0.5) is 0 Å². The van der Waals surface area contributed by atoms with Crippen LogP contribution in [0.15, 0.2) is 46.2 Å². The maximum atomic E-state index is 12.1. The van der Waals surface area contributed by atoms with Gasteiger partial charge in [-0.25, -0.2) is 0 Å². The SMILES string of the molecule is Cn1cc(C(=O)c2ccc(=O)n(C)c2)ccc1=O. The molecule has 5 heteroatoms. The van der Waals surface area contributed by atoms with Gasteiger partial charge in [0, 0.05) is 49.7 Å². The van der Waals surface area contributed by atoms with E-state index in [-0.39, 0.29) is 16.9 Å². The first kappa shape index (κ1) is 12.0. The Balaban J connectivity index is 2.47. The number of carbonyl (C=O) groups is 1. The first-order valence-electron chi connectivity index (χ1n) is 5.37. The Morgan fingerprint density at radius 3 is 1.56 bits per heavy atom. The number of rotatable bonds is 2. The van der Waals surface area contributed by atoms with Crippen molar-refractivity contribution in [1.82, 2.24) is 9.13 Å². The van der Waals surface area contributed by atoms with E-state index in [9.17, 15) is 14.4 Å². The smallest absolute Gasteiger partial charge is 0.250 e. The standard InChI is InChI=1S/C13H12N2O3/c1-14-7-9(3-5-11(14)16)13(18)10-4-6-12(17)15(2)8-10/h3-8H,1-2H3. The molecule has 2 heterocycles. The van der Waals surface area contributed by atoms with Crippen LogP contribution in [0.3, 0.4) is 0 Å². The van der Waals surface area contributed by atoms with Gasteiger partial charge in [-0.2, -0.15) is 0 Å². The number of pyridine rings is 2. The number of aromatic nitrogens is 2. The van der Waals surface area contributed by atoms with Crippen molar-refractivity contribution in [1.29, 1.82) is 0 Å². The highest BCUT2D eigenvalue weighted by Crippen LogP contribution is 2.06. The highest BCUT2D eigenvalue weighted by Gasteiger charge is 2.10. The van der Waals surface area contributed by atoms with Gasteiger partial charge in [-0.3, -0.25) is 14.4 Å². The predicted octanol–water partition coefficient (Wildman–Crippen LogP) is 0.315. The van der Waals surface area contributed by atoms with Crippen LogP contribution in [0.2, 0.25) is 0 Å². The monoisotopic (exact) mass is 244 g/mol. The summed E-state index contributed by atoms with van der Waals surface area (Å²) in [5.74, 6) is -0.221.